The third-order valence-electron chi connectivity index (χ3n) is 2.95. The first-order chi connectivity index (χ1) is 9.93. The minimum Gasteiger partial charge on any atom is -0.357 e. The zero-order chi connectivity index (χ0) is 13.6. The van der Waals surface area contributed by atoms with Crippen LogP contribution < -0.4 is 15.7 Å². The first-order valence-corrected chi connectivity index (χ1v) is 7.84. The van der Waals surface area contributed by atoms with Gasteiger partial charge in [0.1, 0.15) is 0 Å². The maximum atomic E-state index is 4.07. The number of hydrogen-bond donors (Lipinski definition) is 1. The van der Waals surface area contributed by atoms with Crippen molar-refractivity contribution in [2.75, 3.05) is 5.09 Å². The topological polar surface area (TPSA) is 24.9 Å². The van der Waals surface area contributed by atoms with Gasteiger partial charge < -0.3 is 5.09 Å². The van der Waals surface area contributed by atoms with Crippen LogP contribution in [0.25, 0.3) is 0 Å². The highest BCUT2D eigenvalue weighted by atomic mass is 31.1. The molecule has 0 amide bonds. The molecule has 2 nitrogen and oxygen atoms in total. The van der Waals surface area contributed by atoms with Crippen LogP contribution in [0.1, 0.15) is 0 Å². The minimum atomic E-state index is -0.605. The van der Waals surface area contributed by atoms with Crippen LogP contribution in [-0.2, 0) is 0 Å². The van der Waals surface area contributed by atoms with E-state index in [1.165, 1.54) is 10.6 Å². The number of pyridine rings is 1. The van der Waals surface area contributed by atoms with Gasteiger partial charge in [0.05, 0.1) is 8.07 Å². The Bertz CT molecular complexity index is 602. The van der Waals surface area contributed by atoms with E-state index in [0.29, 0.717) is 0 Å². The van der Waals surface area contributed by atoms with Crippen molar-refractivity contribution in [3.8, 4) is 0 Å². The number of anilines is 1. The molecule has 3 rings (SSSR count). The summed E-state index contributed by atoms with van der Waals surface area (Å²) in [5, 5.41) is 6.26. The van der Waals surface area contributed by atoms with Crippen molar-refractivity contribution in [2.45, 2.75) is 0 Å². The van der Waals surface area contributed by atoms with Crippen molar-refractivity contribution in [1.82, 2.24) is 4.98 Å². The fraction of sp³-hybridized carbons (Fsp3) is 0. The molecule has 20 heavy (non-hydrogen) atoms. The molecule has 0 fully saturated rings. The Morgan fingerprint density at radius 1 is 0.650 bits per heavy atom. The molecule has 0 aliphatic carbocycles. The third-order valence-corrected chi connectivity index (χ3v) is 5.06. The number of rotatable bonds is 4. The second-order valence-corrected chi connectivity index (χ2v) is 6.28. The van der Waals surface area contributed by atoms with Crippen molar-refractivity contribution < 1.29 is 0 Å². The maximum absolute atomic E-state index is 4.07. The standard InChI is InChI=1S/C17H15N2P/c1-3-7-16(8-4-1)20(17-9-5-2-6-10-17)19-15-11-13-18-14-12-15/h1-14H,(H,18,19). The Hall–Kier alpha value is -2.18. The summed E-state index contributed by atoms with van der Waals surface area (Å²) in [6.45, 7) is 0. The Labute approximate surface area is 120 Å². The molecule has 0 saturated carbocycles. The molecule has 0 atom stereocenters. The van der Waals surface area contributed by atoms with Crippen LogP contribution in [0.5, 0.6) is 0 Å². The molecule has 0 spiro atoms. The molecular formula is C17H15N2P. The smallest absolute Gasteiger partial charge is 0.0522 e. The SMILES string of the molecule is c1ccc(P(Nc2ccncc2)c2ccccc2)cc1. The molecule has 3 heteroatoms. The molecule has 0 bridgehead atoms. The zero-order valence-corrected chi connectivity index (χ0v) is 11.9. The Balaban J connectivity index is 1.96. The highest BCUT2D eigenvalue weighted by Crippen LogP contribution is 2.33. The summed E-state index contributed by atoms with van der Waals surface area (Å²) in [4.78, 5) is 4.07. The van der Waals surface area contributed by atoms with Gasteiger partial charge in [-0.3, -0.25) is 4.98 Å². The first-order valence-electron chi connectivity index (χ1n) is 6.50. The minimum absolute atomic E-state index is 0.605. The molecule has 0 saturated heterocycles. The summed E-state index contributed by atoms with van der Waals surface area (Å²) in [7, 11) is -0.605. The second-order valence-electron chi connectivity index (χ2n) is 4.35. The summed E-state index contributed by atoms with van der Waals surface area (Å²) < 4.78 is 0. The van der Waals surface area contributed by atoms with Crippen LogP contribution >= 0.6 is 8.07 Å². The van der Waals surface area contributed by atoms with Gasteiger partial charge in [-0.05, 0) is 12.1 Å². The molecular weight excluding hydrogens is 263 g/mol. The van der Waals surface area contributed by atoms with E-state index in [1.54, 1.807) is 0 Å². The van der Waals surface area contributed by atoms with Crippen molar-refractivity contribution in [2.24, 2.45) is 0 Å². The first kappa shape index (κ1) is 12.8. The fourth-order valence-electron chi connectivity index (χ4n) is 1.99. The monoisotopic (exact) mass is 278 g/mol. The van der Waals surface area contributed by atoms with E-state index in [4.69, 9.17) is 0 Å². The van der Waals surface area contributed by atoms with Gasteiger partial charge in [0.2, 0.25) is 0 Å². The Morgan fingerprint density at radius 3 is 1.65 bits per heavy atom. The van der Waals surface area contributed by atoms with E-state index in [9.17, 15) is 0 Å². The van der Waals surface area contributed by atoms with Crippen LogP contribution in [0.3, 0.4) is 0 Å². The molecule has 0 aliphatic rings. The number of aromatic nitrogens is 1. The van der Waals surface area contributed by atoms with Crippen LogP contribution in [0, 0.1) is 0 Å². The number of nitrogens with zero attached hydrogens (tertiary/aromatic N) is 1. The molecule has 2 aromatic carbocycles. The van der Waals surface area contributed by atoms with Gasteiger partial charge in [0.15, 0.2) is 0 Å². The van der Waals surface area contributed by atoms with Crippen LogP contribution in [0.4, 0.5) is 5.69 Å². The lowest BCUT2D eigenvalue weighted by Crippen LogP contribution is -2.16. The van der Waals surface area contributed by atoms with Gasteiger partial charge in [0.25, 0.3) is 0 Å². The zero-order valence-electron chi connectivity index (χ0n) is 11.0. The largest absolute Gasteiger partial charge is 0.357 e. The van der Waals surface area contributed by atoms with Crippen LogP contribution in [0.2, 0.25) is 0 Å². The number of hydrogen-bond acceptors (Lipinski definition) is 2. The predicted octanol–water partition coefficient (Wildman–Crippen LogP) is 3.54. The lowest BCUT2D eigenvalue weighted by atomic mass is 10.4. The maximum Gasteiger partial charge on any atom is 0.0522 e. The van der Waals surface area contributed by atoms with Crippen molar-refractivity contribution in [3.05, 3.63) is 85.2 Å². The molecule has 0 radical (unpaired) electrons. The van der Waals surface area contributed by atoms with Gasteiger partial charge in [-0.15, -0.1) is 0 Å². The highest BCUT2D eigenvalue weighted by Gasteiger charge is 2.13. The summed E-state index contributed by atoms with van der Waals surface area (Å²) in [5.74, 6) is 0. The summed E-state index contributed by atoms with van der Waals surface area (Å²) in [6, 6.07) is 25.1. The Kier molecular flexibility index (Phi) is 4.05. The fourth-order valence-corrected chi connectivity index (χ4v) is 3.89. The van der Waals surface area contributed by atoms with E-state index >= 15 is 0 Å². The van der Waals surface area contributed by atoms with E-state index in [2.05, 4.69) is 70.7 Å². The molecule has 1 heterocycles. The van der Waals surface area contributed by atoms with E-state index in [0.717, 1.165) is 5.69 Å². The van der Waals surface area contributed by atoms with Gasteiger partial charge in [-0.1, -0.05) is 60.7 Å². The highest BCUT2D eigenvalue weighted by molar-refractivity contribution is 7.74. The quantitative estimate of drug-likeness (QED) is 0.738. The van der Waals surface area contributed by atoms with E-state index in [-0.39, 0.29) is 0 Å². The van der Waals surface area contributed by atoms with Gasteiger partial charge in [-0.25, -0.2) is 0 Å². The summed E-state index contributed by atoms with van der Waals surface area (Å²) in [5.41, 5.74) is 1.10. The molecule has 98 valence electrons. The Morgan fingerprint density at radius 2 is 1.15 bits per heavy atom. The van der Waals surface area contributed by atoms with Crippen molar-refractivity contribution >= 4 is 24.4 Å². The third kappa shape index (κ3) is 3.04. The van der Waals surface area contributed by atoms with Gasteiger partial charge in [-0.2, -0.15) is 0 Å². The second kappa shape index (κ2) is 6.31. The molecule has 0 unspecified atom stereocenters. The lowest BCUT2D eigenvalue weighted by Gasteiger charge is -2.20. The van der Waals surface area contributed by atoms with Gasteiger partial charge >= 0.3 is 0 Å². The van der Waals surface area contributed by atoms with Crippen LogP contribution in [0.15, 0.2) is 85.2 Å². The normalized spacial score (nSPS) is 10.4. The van der Waals surface area contributed by atoms with Crippen molar-refractivity contribution in [3.63, 3.8) is 0 Å². The molecule has 1 N–H and O–H groups in total. The lowest BCUT2D eigenvalue weighted by molar-refractivity contribution is 1.33. The molecule has 3 aromatic rings. The average molecular weight is 278 g/mol. The molecule has 1 aromatic heterocycles. The van der Waals surface area contributed by atoms with Crippen LogP contribution in [-0.4, -0.2) is 4.98 Å². The van der Waals surface area contributed by atoms with Gasteiger partial charge in [0, 0.05) is 28.7 Å². The van der Waals surface area contributed by atoms with E-state index < -0.39 is 8.07 Å². The predicted molar refractivity (Wildman–Crippen MR) is 86.9 cm³/mol. The summed E-state index contributed by atoms with van der Waals surface area (Å²) >= 11 is 0. The van der Waals surface area contributed by atoms with Crippen molar-refractivity contribution in [1.29, 1.82) is 0 Å². The number of benzene rings is 2. The summed E-state index contributed by atoms with van der Waals surface area (Å²) in [6.07, 6.45) is 3.62. The molecule has 0 aliphatic heterocycles. The van der Waals surface area contributed by atoms with E-state index in [1.807, 2.05) is 24.5 Å². The average Bonchev–Trinajstić information content (AvgIpc) is 2.55. The number of nitrogens with one attached hydrogen (secondary N) is 1.